The number of nitrogens with zero attached hydrogens (tertiary/aromatic N) is 2. The second-order valence-corrected chi connectivity index (χ2v) is 7.48. The van der Waals surface area contributed by atoms with E-state index in [0.29, 0.717) is 15.9 Å². The van der Waals surface area contributed by atoms with Gasteiger partial charge in [-0.15, -0.1) is 0 Å². The molecule has 1 aromatic heterocycles. The molecule has 0 atom stereocenters. The van der Waals surface area contributed by atoms with E-state index in [1.807, 2.05) is 54.6 Å². The van der Waals surface area contributed by atoms with Crippen molar-refractivity contribution >= 4 is 52.1 Å². The first-order valence-corrected chi connectivity index (χ1v) is 10.3. The SMILES string of the molecule is NCCCCCCNc1nc(C=Cc2ccc(Cl)cc2)nc2ccc(Cl)cc12. The maximum Gasteiger partial charge on any atom is 0.154 e. The molecule has 3 N–H and O–H groups in total. The van der Waals surface area contributed by atoms with Gasteiger partial charge in [-0.25, -0.2) is 9.97 Å². The molecule has 0 unspecified atom stereocenters. The van der Waals surface area contributed by atoms with Crippen LogP contribution >= 0.6 is 23.2 Å². The van der Waals surface area contributed by atoms with Crippen molar-refractivity contribution in [2.24, 2.45) is 5.73 Å². The van der Waals surface area contributed by atoms with E-state index in [2.05, 4.69) is 10.3 Å². The molecular formula is C22H24Cl2N4. The Bertz CT molecular complexity index is 939. The molecule has 0 saturated heterocycles. The number of nitrogens with one attached hydrogen (secondary N) is 1. The Hall–Kier alpha value is -2.14. The van der Waals surface area contributed by atoms with Crippen LogP contribution < -0.4 is 11.1 Å². The highest BCUT2D eigenvalue weighted by Crippen LogP contribution is 2.25. The molecule has 28 heavy (non-hydrogen) atoms. The number of hydrogen-bond donors (Lipinski definition) is 2. The van der Waals surface area contributed by atoms with Gasteiger partial charge >= 0.3 is 0 Å². The number of fused-ring (bicyclic) bond motifs is 1. The van der Waals surface area contributed by atoms with Crippen molar-refractivity contribution in [1.82, 2.24) is 9.97 Å². The van der Waals surface area contributed by atoms with Gasteiger partial charge in [0.05, 0.1) is 5.52 Å². The molecule has 1 heterocycles. The molecule has 0 fully saturated rings. The van der Waals surface area contributed by atoms with Gasteiger partial charge in [0.1, 0.15) is 5.82 Å². The highest BCUT2D eigenvalue weighted by Gasteiger charge is 2.07. The van der Waals surface area contributed by atoms with Crippen LogP contribution in [0.2, 0.25) is 10.0 Å². The second kappa shape index (κ2) is 10.4. The summed E-state index contributed by atoms with van der Waals surface area (Å²) in [7, 11) is 0. The van der Waals surface area contributed by atoms with Crippen LogP contribution in [-0.2, 0) is 0 Å². The smallest absolute Gasteiger partial charge is 0.154 e. The first-order valence-electron chi connectivity index (χ1n) is 9.50. The molecule has 0 radical (unpaired) electrons. The highest BCUT2D eigenvalue weighted by atomic mass is 35.5. The lowest BCUT2D eigenvalue weighted by molar-refractivity contribution is 0.661. The van der Waals surface area contributed by atoms with E-state index in [9.17, 15) is 0 Å². The van der Waals surface area contributed by atoms with E-state index in [1.54, 1.807) is 0 Å². The van der Waals surface area contributed by atoms with Gasteiger partial charge in [-0.3, -0.25) is 0 Å². The number of nitrogens with two attached hydrogens (primary N) is 1. The largest absolute Gasteiger partial charge is 0.369 e. The molecule has 0 amide bonds. The first-order chi connectivity index (χ1) is 13.7. The number of anilines is 1. The number of rotatable bonds is 9. The van der Waals surface area contributed by atoms with Crippen molar-refractivity contribution < 1.29 is 0 Å². The van der Waals surface area contributed by atoms with Gasteiger partial charge in [0.2, 0.25) is 0 Å². The maximum absolute atomic E-state index is 6.18. The van der Waals surface area contributed by atoms with E-state index >= 15 is 0 Å². The fourth-order valence-electron chi connectivity index (χ4n) is 2.90. The van der Waals surface area contributed by atoms with Gasteiger partial charge in [0, 0.05) is 22.0 Å². The Kier molecular flexibility index (Phi) is 7.66. The summed E-state index contributed by atoms with van der Waals surface area (Å²) in [6, 6.07) is 13.3. The number of aromatic nitrogens is 2. The van der Waals surface area contributed by atoms with Gasteiger partial charge in [0.15, 0.2) is 5.82 Å². The molecule has 0 saturated carbocycles. The number of hydrogen-bond acceptors (Lipinski definition) is 4. The summed E-state index contributed by atoms with van der Waals surface area (Å²) < 4.78 is 0. The summed E-state index contributed by atoms with van der Waals surface area (Å²) in [5, 5.41) is 5.76. The van der Waals surface area contributed by atoms with Crippen LogP contribution in [0.25, 0.3) is 23.1 Å². The number of halogens is 2. The van der Waals surface area contributed by atoms with Crippen molar-refractivity contribution in [2.45, 2.75) is 25.7 Å². The van der Waals surface area contributed by atoms with Crippen LogP contribution in [0.3, 0.4) is 0 Å². The molecule has 0 spiro atoms. The summed E-state index contributed by atoms with van der Waals surface area (Å²) >= 11 is 12.1. The van der Waals surface area contributed by atoms with Crippen LogP contribution in [0.1, 0.15) is 37.1 Å². The summed E-state index contributed by atoms with van der Waals surface area (Å²) in [5.41, 5.74) is 7.45. The molecule has 0 aliphatic heterocycles. The van der Waals surface area contributed by atoms with Crippen molar-refractivity contribution in [3.8, 4) is 0 Å². The molecule has 2 aromatic carbocycles. The van der Waals surface area contributed by atoms with E-state index in [0.717, 1.165) is 61.1 Å². The molecule has 0 bridgehead atoms. The Balaban J connectivity index is 1.79. The summed E-state index contributed by atoms with van der Waals surface area (Å²) in [4.78, 5) is 9.34. The van der Waals surface area contributed by atoms with Crippen molar-refractivity contribution in [2.75, 3.05) is 18.4 Å². The molecule has 3 aromatic rings. The third-order valence-electron chi connectivity index (χ3n) is 4.39. The van der Waals surface area contributed by atoms with E-state index in [4.69, 9.17) is 33.9 Å². The average molecular weight is 415 g/mol. The van der Waals surface area contributed by atoms with Crippen molar-refractivity contribution in [3.63, 3.8) is 0 Å². The van der Waals surface area contributed by atoms with Gasteiger partial charge in [-0.05, 0) is 61.4 Å². The van der Waals surface area contributed by atoms with Gasteiger partial charge in [0.25, 0.3) is 0 Å². The average Bonchev–Trinajstić information content (AvgIpc) is 2.70. The zero-order valence-electron chi connectivity index (χ0n) is 15.7. The quantitative estimate of drug-likeness (QED) is 0.419. The number of benzene rings is 2. The lowest BCUT2D eigenvalue weighted by atomic mass is 10.2. The van der Waals surface area contributed by atoms with Gasteiger partial charge in [-0.2, -0.15) is 0 Å². The predicted octanol–water partition coefficient (Wildman–Crippen LogP) is 6.04. The molecule has 0 aliphatic carbocycles. The van der Waals surface area contributed by atoms with Gasteiger partial charge < -0.3 is 11.1 Å². The topological polar surface area (TPSA) is 63.8 Å². The zero-order chi connectivity index (χ0) is 19.8. The van der Waals surface area contributed by atoms with Crippen molar-refractivity contribution in [3.05, 3.63) is 63.9 Å². The minimum atomic E-state index is 0.649. The van der Waals surface area contributed by atoms with Crippen LogP contribution in [-0.4, -0.2) is 23.1 Å². The Morgan fingerprint density at radius 3 is 2.39 bits per heavy atom. The van der Waals surface area contributed by atoms with Crippen LogP contribution in [0.4, 0.5) is 5.82 Å². The summed E-state index contributed by atoms with van der Waals surface area (Å²) in [5.74, 6) is 1.46. The highest BCUT2D eigenvalue weighted by molar-refractivity contribution is 6.31. The monoisotopic (exact) mass is 414 g/mol. The van der Waals surface area contributed by atoms with Gasteiger partial charge in [-0.1, -0.05) is 54.3 Å². The van der Waals surface area contributed by atoms with Crippen LogP contribution in [0.15, 0.2) is 42.5 Å². The summed E-state index contributed by atoms with van der Waals surface area (Å²) in [6.07, 6.45) is 8.34. The molecule has 3 rings (SSSR count). The van der Waals surface area contributed by atoms with Crippen LogP contribution in [0, 0.1) is 0 Å². The Labute approximate surface area is 175 Å². The fraction of sp³-hybridized carbons (Fsp3) is 0.273. The molecule has 4 nitrogen and oxygen atoms in total. The third-order valence-corrected chi connectivity index (χ3v) is 4.88. The minimum absolute atomic E-state index is 0.649. The molecular weight excluding hydrogens is 391 g/mol. The zero-order valence-corrected chi connectivity index (χ0v) is 17.2. The summed E-state index contributed by atoms with van der Waals surface area (Å²) in [6.45, 7) is 1.61. The van der Waals surface area contributed by atoms with E-state index in [1.165, 1.54) is 0 Å². The number of unbranched alkanes of at least 4 members (excludes halogenated alkanes) is 3. The Morgan fingerprint density at radius 1 is 0.857 bits per heavy atom. The third kappa shape index (κ3) is 5.93. The normalized spacial score (nSPS) is 11.4. The standard InChI is InChI=1S/C22H24Cl2N4/c23-17-8-5-16(6-9-17)7-12-21-27-20-11-10-18(24)15-19(20)22(28-21)26-14-4-2-1-3-13-25/h5-12,15H,1-4,13-14,25H2,(H,26,27,28). The molecule has 6 heteroatoms. The van der Waals surface area contributed by atoms with E-state index in [-0.39, 0.29) is 0 Å². The fourth-order valence-corrected chi connectivity index (χ4v) is 3.20. The maximum atomic E-state index is 6.18. The lowest BCUT2D eigenvalue weighted by Crippen LogP contribution is -2.06. The molecule has 146 valence electrons. The van der Waals surface area contributed by atoms with Crippen LogP contribution in [0.5, 0.6) is 0 Å². The van der Waals surface area contributed by atoms with Crippen molar-refractivity contribution in [1.29, 1.82) is 0 Å². The van der Waals surface area contributed by atoms with E-state index < -0.39 is 0 Å². The first kappa shape index (κ1) is 20.6. The lowest BCUT2D eigenvalue weighted by Gasteiger charge is -2.10. The molecule has 0 aliphatic rings. The minimum Gasteiger partial charge on any atom is -0.369 e. The predicted molar refractivity (Wildman–Crippen MR) is 121 cm³/mol. The second-order valence-electron chi connectivity index (χ2n) is 6.61. The Morgan fingerprint density at radius 2 is 1.61 bits per heavy atom.